The zero-order chi connectivity index (χ0) is 8.69. The number of hydrogen-bond donors (Lipinski definition) is 1. The lowest BCUT2D eigenvalue weighted by atomic mass is 10.2. The van der Waals surface area contributed by atoms with E-state index in [9.17, 15) is 4.79 Å². The molecule has 3 heteroatoms. The summed E-state index contributed by atoms with van der Waals surface area (Å²) in [5, 5.41) is 3.03. The molecule has 0 saturated carbocycles. The maximum absolute atomic E-state index is 10.7. The third kappa shape index (κ3) is 3.28. The Morgan fingerprint density at radius 1 is 1.64 bits per heavy atom. The van der Waals surface area contributed by atoms with Crippen molar-refractivity contribution in [1.29, 1.82) is 0 Å². The van der Waals surface area contributed by atoms with Crippen molar-refractivity contribution < 1.29 is 9.53 Å². The number of rotatable bonds is 1. The van der Waals surface area contributed by atoms with Crippen molar-refractivity contribution in [3.8, 4) is 0 Å². The molecule has 0 spiro atoms. The number of esters is 1. The van der Waals surface area contributed by atoms with Gasteiger partial charge < -0.3 is 10.1 Å². The van der Waals surface area contributed by atoms with Crippen LogP contribution in [0.2, 0.25) is 0 Å². The van der Waals surface area contributed by atoms with Crippen molar-refractivity contribution in [3.05, 3.63) is 6.92 Å². The van der Waals surface area contributed by atoms with Crippen molar-refractivity contribution in [2.24, 2.45) is 0 Å². The summed E-state index contributed by atoms with van der Waals surface area (Å²) in [4.78, 5) is 10.7. The minimum atomic E-state index is -0.132. The first-order valence-electron chi connectivity index (χ1n) is 3.86. The zero-order valence-electron chi connectivity index (χ0n) is 7.22. The maximum atomic E-state index is 10.7. The van der Waals surface area contributed by atoms with Crippen molar-refractivity contribution >= 4 is 5.97 Å². The average molecular weight is 158 g/mol. The van der Waals surface area contributed by atoms with Gasteiger partial charge in [0.05, 0.1) is 21.0 Å². The highest BCUT2D eigenvalue weighted by Gasteiger charge is 2.21. The van der Waals surface area contributed by atoms with Gasteiger partial charge in [-0.05, 0) is 19.4 Å². The van der Waals surface area contributed by atoms with E-state index in [1.807, 2.05) is 0 Å². The Morgan fingerprint density at radius 3 is 2.64 bits per heavy atom. The summed E-state index contributed by atoms with van der Waals surface area (Å²) in [6.07, 6.45) is 2.01. The van der Waals surface area contributed by atoms with E-state index in [-0.39, 0.29) is 12.0 Å². The van der Waals surface area contributed by atoms with E-state index in [0.717, 1.165) is 19.4 Å². The third-order valence-electron chi connectivity index (χ3n) is 1.55. The molecule has 1 rings (SSSR count). The minimum absolute atomic E-state index is 0.0324. The van der Waals surface area contributed by atoms with E-state index in [1.54, 1.807) is 6.92 Å². The minimum Gasteiger partial charge on any atom is -0.468 e. The zero-order valence-corrected chi connectivity index (χ0v) is 7.22. The molecule has 1 aliphatic heterocycles. The summed E-state index contributed by atoms with van der Waals surface area (Å²) in [5.74, 6) is -0.132. The number of carbonyl (C=O) groups excluding carboxylic acids is 1. The molecule has 0 aromatic rings. The summed E-state index contributed by atoms with van der Waals surface area (Å²) < 4.78 is 4.53. The largest absolute Gasteiger partial charge is 0.468 e. The van der Waals surface area contributed by atoms with Crippen molar-refractivity contribution in [2.75, 3.05) is 13.7 Å². The van der Waals surface area contributed by atoms with Crippen molar-refractivity contribution in [1.82, 2.24) is 5.32 Å². The Hall–Kier alpha value is -0.700. The number of methoxy groups -OCH3 is 1. The fraction of sp³-hybridized carbons (Fsp3) is 0.750. The number of ether oxygens (including phenoxy) is 1. The van der Waals surface area contributed by atoms with Gasteiger partial charge in [0.15, 0.2) is 0 Å². The molecular formula is C8H16NO2+. The number of carbonyl (C=O) groups is 1. The molecular weight excluding hydrogens is 142 g/mol. The van der Waals surface area contributed by atoms with Crippen LogP contribution in [0, 0.1) is 6.92 Å². The lowest BCUT2D eigenvalue weighted by molar-refractivity contribution is -0.142. The molecule has 1 aliphatic rings. The highest BCUT2D eigenvalue weighted by molar-refractivity contribution is 5.75. The molecule has 0 bridgehead atoms. The Balaban J connectivity index is 0.000000461. The van der Waals surface area contributed by atoms with Gasteiger partial charge >= 0.3 is 5.97 Å². The van der Waals surface area contributed by atoms with Gasteiger partial charge in [-0.15, -0.1) is 0 Å². The Bertz CT molecular complexity index is 109. The second-order valence-electron chi connectivity index (χ2n) is 2.17. The van der Waals surface area contributed by atoms with Gasteiger partial charge in [0.2, 0.25) is 0 Å². The molecule has 11 heavy (non-hydrogen) atoms. The first kappa shape index (κ1) is 10.3. The second-order valence-corrected chi connectivity index (χ2v) is 2.17. The SMILES string of the molecule is COC(=O)C1CCCN1.[CH2+]C. The Labute approximate surface area is 68.1 Å². The maximum Gasteiger partial charge on any atom is 0.322 e. The molecule has 3 nitrogen and oxygen atoms in total. The predicted molar refractivity (Wildman–Crippen MR) is 44.1 cm³/mol. The molecule has 1 heterocycles. The Morgan fingerprint density at radius 2 is 2.27 bits per heavy atom. The quantitative estimate of drug-likeness (QED) is 0.452. The lowest BCUT2D eigenvalue weighted by Gasteiger charge is -2.04. The van der Waals surface area contributed by atoms with Crippen LogP contribution >= 0.6 is 0 Å². The van der Waals surface area contributed by atoms with Gasteiger partial charge in [-0.3, -0.25) is 4.79 Å². The van der Waals surface area contributed by atoms with Gasteiger partial charge in [-0.25, -0.2) is 0 Å². The lowest BCUT2D eigenvalue weighted by Crippen LogP contribution is -2.31. The molecule has 1 saturated heterocycles. The first-order valence-corrected chi connectivity index (χ1v) is 3.86. The van der Waals surface area contributed by atoms with Crippen LogP contribution in [0.3, 0.4) is 0 Å². The fourth-order valence-electron chi connectivity index (χ4n) is 1.03. The van der Waals surface area contributed by atoms with Gasteiger partial charge in [-0.1, -0.05) is 0 Å². The summed E-state index contributed by atoms with van der Waals surface area (Å²) in [7, 11) is 1.42. The van der Waals surface area contributed by atoms with Crippen LogP contribution in [0.5, 0.6) is 0 Å². The fourth-order valence-corrected chi connectivity index (χ4v) is 1.03. The molecule has 0 amide bonds. The normalized spacial score (nSPS) is 21.8. The molecule has 0 aromatic carbocycles. The van der Waals surface area contributed by atoms with E-state index < -0.39 is 0 Å². The highest BCUT2D eigenvalue weighted by atomic mass is 16.5. The van der Waals surface area contributed by atoms with Crippen LogP contribution in [-0.4, -0.2) is 25.7 Å². The van der Waals surface area contributed by atoms with Crippen LogP contribution < -0.4 is 5.32 Å². The highest BCUT2D eigenvalue weighted by Crippen LogP contribution is 2.05. The molecule has 1 fully saturated rings. The Kier molecular flexibility index (Phi) is 5.65. The average Bonchev–Trinajstić information content (AvgIpc) is 2.59. The van der Waals surface area contributed by atoms with Crippen molar-refractivity contribution in [3.63, 3.8) is 0 Å². The number of hydrogen-bond acceptors (Lipinski definition) is 3. The van der Waals surface area contributed by atoms with E-state index >= 15 is 0 Å². The van der Waals surface area contributed by atoms with Crippen LogP contribution in [0.4, 0.5) is 0 Å². The summed E-state index contributed by atoms with van der Waals surface area (Å²) in [6.45, 7) is 5.94. The van der Waals surface area contributed by atoms with Crippen LogP contribution in [0.25, 0.3) is 0 Å². The van der Waals surface area contributed by atoms with Crippen molar-refractivity contribution in [2.45, 2.75) is 25.8 Å². The van der Waals surface area contributed by atoms with Gasteiger partial charge in [0.1, 0.15) is 6.04 Å². The van der Waals surface area contributed by atoms with Gasteiger partial charge in [0.25, 0.3) is 0 Å². The van der Waals surface area contributed by atoms with Crippen LogP contribution in [0.1, 0.15) is 19.8 Å². The summed E-state index contributed by atoms with van der Waals surface area (Å²) >= 11 is 0. The molecule has 0 aliphatic carbocycles. The molecule has 0 aromatic heterocycles. The molecule has 1 unspecified atom stereocenters. The van der Waals surface area contributed by atoms with E-state index in [4.69, 9.17) is 0 Å². The monoisotopic (exact) mass is 158 g/mol. The van der Waals surface area contributed by atoms with E-state index in [1.165, 1.54) is 7.11 Å². The smallest absolute Gasteiger partial charge is 0.322 e. The molecule has 0 radical (unpaired) electrons. The molecule has 64 valence electrons. The molecule has 1 N–H and O–H groups in total. The van der Waals surface area contributed by atoms with E-state index in [0.29, 0.717) is 0 Å². The van der Waals surface area contributed by atoms with E-state index in [2.05, 4.69) is 17.0 Å². The summed E-state index contributed by atoms with van der Waals surface area (Å²) in [6, 6.07) is -0.0324. The standard InChI is InChI=1S/C6H11NO2.C2H5/c1-9-6(8)5-3-2-4-7-5;1-2/h5,7H,2-4H2,1H3;1H2,2H3/q;+1. The van der Waals surface area contributed by atoms with Gasteiger partial charge in [0, 0.05) is 0 Å². The molecule has 1 atom stereocenters. The topological polar surface area (TPSA) is 38.3 Å². The van der Waals surface area contributed by atoms with Crippen LogP contribution in [-0.2, 0) is 9.53 Å². The third-order valence-corrected chi connectivity index (χ3v) is 1.55. The summed E-state index contributed by atoms with van der Waals surface area (Å²) in [5.41, 5.74) is 0. The number of nitrogens with one attached hydrogen (secondary N) is 1. The predicted octanol–water partition coefficient (Wildman–Crippen LogP) is 0.752. The second kappa shape index (κ2) is 6.04. The van der Waals surface area contributed by atoms with Gasteiger partial charge in [-0.2, -0.15) is 0 Å². The van der Waals surface area contributed by atoms with Crippen LogP contribution in [0.15, 0.2) is 0 Å². The first-order chi connectivity index (χ1) is 5.34.